The number of aliphatic hydroxyl groups is 14. The summed E-state index contributed by atoms with van der Waals surface area (Å²) < 4.78 is 54.6. The number of esters is 1. The highest BCUT2D eigenvalue weighted by Gasteiger charge is 2.73. The van der Waals surface area contributed by atoms with Crippen LogP contribution in [0.1, 0.15) is 114 Å². The van der Waals surface area contributed by atoms with E-state index in [1.165, 1.54) is 6.92 Å². The smallest absolute Gasteiger partial charge is 0.335 e. The molecule has 5 aliphatic carbocycles. The van der Waals surface area contributed by atoms with Crippen molar-refractivity contribution in [2.45, 2.75) is 261 Å². The first-order chi connectivity index (χ1) is 39.7. The second-order valence-electron chi connectivity index (χ2n) is 27.9. The molecule has 26 nitrogen and oxygen atoms in total. The topological polar surface area (TPSA) is 421 Å². The number of rotatable bonds is 14. The van der Waals surface area contributed by atoms with Crippen LogP contribution in [0.15, 0.2) is 23.3 Å². The van der Waals surface area contributed by atoms with Gasteiger partial charge in [0.1, 0.15) is 97.7 Å². The summed E-state index contributed by atoms with van der Waals surface area (Å²) in [5, 5.41) is 167. The highest BCUT2D eigenvalue weighted by atomic mass is 16.8. The Kier molecular flexibility index (Phi) is 19.1. The highest BCUT2D eigenvalue weighted by molar-refractivity contribution is 5.87. The lowest BCUT2D eigenvalue weighted by Gasteiger charge is -2.72. The first-order valence-electron chi connectivity index (χ1n) is 30.0. The molecule has 0 aromatic rings. The normalized spacial score (nSPS) is 52.4. The predicted octanol–water partition coefficient (Wildman–Crippen LogP) is -2.01. The van der Waals surface area contributed by atoms with Crippen LogP contribution in [0, 0.1) is 50.2 Å². The Morgan fingerprint density at radius 2 is 1.21 bits per heavy atom. The Morgan fingerprint density at radius 3 is 1.81 bits per heavy atom. The van der Waals surface area contributed by atoms with Gasteiger partial charge in [-0.1, -0.05) is 66.2 Å². The van der Waals surface area contributed by atoms with Gasteiger partial charge in [0.05, 0.1) is 43.5 Å². The van der Waals surface area contributed by atoms with Crippen molar-refractivity contribution in [3.8, 4) is 0 Å². The number of carbonyl (C=O) groups excluding carboxylic acids is 1. The van der Waals surface area contributed by atoms with Gasteiger partial charge in [0.25, 0.3) is 0 Å². The fourth-order valence-electron chi connectivity index (χ4n) is 17.3. The summed E-state index contributed by atoms with van der Waals surface area (Å²) in [6.07, 6.45) is -34.7. The minimum Gasteiger partial charge on any atom is -0.479 e. The molecule has 4 aliphatic heterocycles. The quantitative estimate of drug-likeness (QED) is 0.0387. The van der Waals surface area contributed by atoms with E-state index in [-0.39, 0.29) is 18.3 Å². The van der Waals surface area contributed by atoms with Crippen LogP contribution >= 0.6 is 0 Å². The second kappa shape index (κ2) is 24.3. The zero-order valence-electron chi connectivity index (χ0n) is 50.0. The fourth-order valence-corrected chi connectivity index (χ4v) is 17.3. The molecule has 9 aliphatic rings. The second-order valence-corrected chi connectivity index (χ2v) is 27.9. The molecule has 9 rings (SSSR count). The molecule has 0 spiro atoms. The molecular formula is C59H94O26. The van der Waals surface area contributed by atoms with Gasteiger partial charge in [0, 0.05) is 11.0 Å². The van der Waals surface area contributed by atoms with Crippen molar-refractivity contribution in [3.63, 3.8) is 0 Å². The van der Waals surface area contributed by atoms with Gasteiger partial charge >= 0.3 is 11.9 Å². The molecule has 0 radical (unpaired) electrons. The van der Waals surface area contributed by atoms with Crippen LogP contribution in [-0.4, -0.2) is 256 Å². The summed E-state index contributed by atoms with van der Waals surface area (Å²) in [7, 11) is 0. The largest absolute Gasteiger partial charge is 0.479 e. The minimum atomic E-state index is -2.26. The van der Waals surface area contributed by atoms with Crippen molar-refractivity contribution in [1.29, 1.82) is 0 Å². The van der Waals surface area contributed by atoms with Crippen molar-refractivity contribution in [3.05, 3.63) is 23.3 Å². The lowest BCUT2D eigenvalue weighted by molar-refractivity contribution is -0.402. The molecule has 4 heterocycles. The number of hydrogen-bond donors (Lipinski definition) is 15. The van der Waals surface area contributed by atoms with Gasteiger partial charge in [-0.25, -0.2) is 9.59 Å². The van der Waals surface area contributed by atoms with Gasteiger partial charge in [-0.2, -0.15) is 0 Å². The number of carbonyl (C=O) groups is 2. The average Bonchev–Trinajstić information content (AvgIpc) is 0.712. The molecule has 15 N–H and O–H groups in total. The van der Waals surface area contributed by atoms with E-state index in [4.69, 9.17) is 42.6 Å². The maximum atomic E-state index is 13.2. The van der Waals surface area contributed by atoms with Crippen molar-refractivity contribution in [1.82, 2.24) is 0 Å². The molecular weight excluding hydrogens is 1120 g/mol. The van der Waals surface area contributed by atoms with Gasteiger partial charge in [0.15, 0.2) is 31.3 Å². The van der Waals surface area contributed by atoms with E-state index < -0.39 is 217 Å². The fraction of sp³-hybridized carbons (Fsp3) is 0.898. The van der Waals surface area contributed by atoms with Crippen LogP contribution in [-0.2, 0) is 52.2 Å². The number of fused-ring (bicyclic) bond motifs is 7. The third-order valence-electron chi connectivity index (χ3n) is 22.7. The number of aliphatic carboxylic acids is 1. The maximum absolute atomic E-state index is 13.2. The zero-order chi connectivity index (χ0) is 62.7. The Bertz CT molecular complexity index is 2460. The molecule has 0 bridgehead atoms. The van der Waals surface area contributed by atoms with E-state index in [1.54, 1.807) is 19.9 Å². The molecule has 8 fully saturated rings. The van der Waals surface area contributed by atoms with Gasteiger partial charge in [-0.15, -0.1) is 0 Å². The molecule has 85 heavy (non-hydrogen) atoms. The first-order valence-corrected chi connectivity index (χ1v) is 30.0. The van der Waals surface area contributed by atoms with Crippen LogP contribution in [0.2, 0.25) is 0 Å². The monoisotopic (exact) mass is 1220 g/mol. The first kappa shape index (κ1) is 66.9. The third-order valence-corrected chi connectivity index (χ3v) is 22.7. The number of hydrogen-bond acceptors (Lipinski definition) is 25. The standard InChI is InChI=1S/C59H94O26/c1-11-23(2)49(76)85-47-46(73)59(22-62)26(18-54(47,4)5)25-12-13-30-56(8)16-15-32(55(6,7)29(56)14-17-57(30,9)58(25,10)19-31(59)63)80-53-45(84-51-39(70)37(68)34(65)27(20-60)78-51)43(40(71)44(83-53)48(74)75)82-52-41(72)42(35(66)28(21-61)79-52)81-50-38(69)36(67)33(64)24(3)77-50/h11-12,24,26-47,50-53,60-73H,13-22H2,1-10H3,(H,74,75)/b23-11-/t24-,26-,27+,28+,29-,30+,31+,32-,33-,34+,35-,36+,37-,38+,39+,40-,41+,42-,43-,44-,45+,46-,47-,50-,51-,52-,53+,56-,57+,58+,59-/m0/s1. The number of carboxylic acid groups (broad SMARTS) is 1. The summed E-state index contributed by atoms with van der Waals surface area (Å²) in [5.74, 6) is -2.89. The molecule has 4 saturated heterocycles. The predicted molar refractivity (Wildman–Crippen MR) is 289 cm³/mol. The van der Waals surface area contributed by atoms with Gasteiger partial charge < -0.3 is 119 Å². The maximum Gasteiger partial charge on any atom is 0.335 e. The SMILES string of the molecule is C/C=C(/C)C(=O)O[C@H]1[C@H](O)[C@]2(CO)[C@H](O)C[C@]3(C)C(=CC[C@@H]4[C@@]5(C)CC[C@H](O[C@@H]6O[C@H](C(=O)O)[C@@H](O)[C@H](O[C@@H]7O[C@H](CO)[C@H](O)[C@H](O[C@@H]8O[C@@H](C)[C@H](O)[C@@H](O)[C@H]8O)[C@H]7O)[C@H]6O[C@@H]6O[C@H](CO)[C@@H](O)[C@H](O)[C@H]6O)C(C)(C)[C@@H]5CC[C@]43C)[C@@H]2CC1(C)C. The minimum absolute atomic E-state index is 0.00194. The van der Waals surface area contributed by atoms with E-state index in [0.717, 1.165) is 5.57 Å². The number of carboxylic acids is 1. The molecule has 0 aromatic heterocycles. The molecule has 4 saturated carbocycles. The van der Waals surface area contributed by atoms with Gasteiger partial charge in [-0.3, -0.25) is 0 Å². The van der Waals surface area contributed by atoms with Crippen LogP contribution in [0.5, 0.6) is 0 Å². The Morgan fingerprint density at radius 1 is 0.635 bits per heavy atom. The number of ether oxygens (including phenoxy) is 9. The lowest BCUT2D eigenvalue weighted by atomic mass is 9.33. The molecule has 486 valence electrons. The van der Waals surface area contributed by atoms with Gasteiger partial charge in [0.2, 0.25) is 0 Å². The van der Waals surface area contributed by atoms with Crippen LogP contribution < -0.4 is 0 Å². The molecule has 0 amide bonds. The summed E-state index contributed by atoms with van der Waals surface area (Å²) >= 11 is 0. The molecule has 0 unspecified atom stereocenters. The average molecular weight is 1220 g/mol. The van der Waals surface area contributed by atoms with E-state index in [9.17, 15) is 86.2 Å². The summed E-state index contributed by atoms with van der Waals surface area (Å²) in [6.45, 7) is 17.0. The van der Waals surface area contributed by atoms with E-state index >= 15 is 0 Å². The molecule has 26 heteroatoms. The number of aliphatic hydroxyl groups excluding tert-OH is 14. The summed E-state index contributed by atoms with van der Waals surface area (Å²) in [4.78, 5) is 26.4. The third kappa shape index (κ3) is 10.8. The van der Waals surface area contributed by atoms with Crippen LogP contribution in [0.4, 0.5) is 0 Å². The Labute approximate surface area is 494 Å². The zero-order valence-corrected chi connectivity index (χ0v) is 50.0. The highest BCUT2D eigenvalue weighted by Crippen LogP contribution is 2.76. The van der Waals surface area contributed by atoms with E-state index in [2.05, 4.69) is 26.8 Å². The van der Waals surface area contributed by atoms with Crippen LogP contribution in [0.3, 0.4) is 0 Å². The molecule has 31 atom stereocenters. The van der Waals surface area contributed by atoms with Crippen molar-refractivity contribution in [2.75, 3.05) is 19.8 Å². The van der Waals surface area contributed by atoms with Crippen molar-refractivity contribution < 1.29 is 129 Å². The summed E-state index contributed by atoms with van der Waals surface area (Å²) in [5.41, 5.74) is -3.08. The lowest BCUT2D eigenvalue weighted by Crippen LogP contribution is -2.72. The van der Waals surface area contributed by atoms with Crippen molar-refractivity contribution in [2.24, 2.45) is 50.2 Å². The van der Waals surface area contributed by atoms with E-state index in [0.29, 0.717) is 44.1 Å². The van der Waals surface area contributed by atoms with Crippen molar-refractivity contribution >= 4 is 11.9 Å². The molecule has 0 aromatic carbocycles. The summed E-state index contributed by atoms with van der Waals surface area (Å²) in [6, 6.07) is 0. The van der Waals surface area contributed by atoms with Crippen LogP contribution in [0.25, 0.3) is 0 Å². The Hall–Kier alpha value is -2.46. The van der Waals surface area contributed by atoms with E-state index in [1.807, 2.05) is 27.7 Å². The number of allylic oxidation sites excluding steroid dienone is 3. The Balaban J connectivity index is 1.02. The van der Waals surface area contributed by atoms with Gasteiger partial charge in [-0.05, 0) is 105 Å².